The summed E-state index contributed by atoms with van der Waals surface area (Å²) in [6, 6.07) is 15.9. The lowest BCUT2D eigenvalue weighted by molar-refractivity contribution is 0.648. The van der Waals surface area contributed by atoms with E-state index in [2.05, 4.69) is 47.8 Å². The molecule has 0 amide bonds. The van der Waals surface area contributed by atoms with Gasteiger partial charge in [0, 0.05) is 6.04 Å². The molecule has 1 N–H and O–H groups in total. The molecule has 0 radical (unpaired) electrons. The zero-order valence-corrected chi connectivity index (χ0v) is 9.96. The van der Waals surface area contributed by atoms with Gasteiger partial charge in [-0.05, 0) is 41.8 Å². The summed E-state index contributed by atoms with van der Waals surface area (Å²) in [5.41, 5.74) is 1.44. The molecule has 0 aliphatic carbocycles. The van der Waals surface area contributed by atoms with Gasteiger partial charge in [-0.3, -0.25) is 0 Å². The van der Waals surface area contributed by atoms with E-state index in [0.717, 1.165) is 6.54 Å². The maximum Gasteiger partial charge on any atom is 0.0320 e. The molecule has 1 atom stereocenters. The van der Waals surface area contributed by atoms with Crippen molar-refractivity contribution in [2.24, 2.45) is 0 Å². The molecule has 2 aromatic carbocycles. The molecule has 0 saturated carbocycles. The first kappa shape index (κ1) is 11.4. The van der Waals surface area contributed by atoms with E-state index in [1.165, 1.54) is 29.2 Å². The van der Waals surface area contributed by atoms with Crippen LogP contribution in [-0.4, -0.2) is 6.54 Å². The Bertz CT molecular complexity index is 475. The predicted molar refractivity (Wildman–Crippen MR) is 71.2 cm³/mol. The van der Waals surface area contributed by atoms with Gasteiger partial charge < -0.3 is 5.32 Å². The van der Waals surface area contributed by atoms with Crippen molar-refractivity contribution < 1.29 is 0 Å². The Kier molecular flexibility index (Phi) is 3.47. The Hall–Kier alpha value is -1.05. The topological polar surface area (TPSA) is 12.0 Å². The van der Waals surface area contributed by atoms with Crippen molar-refractivity contribution in [3.8, 4) is 0 Å². The largest absolute Gasteiger partial charge is 0.310 e. The number of rotatable bonds is 1. The van der Waals surface area contributed by atoms with Gasteiger partial charge in [0.15, 0.2) is 0 Å². The number of benzene rings is 2. The maximum atomic E-state index is 3.54. The van der Waals surface area contributed by atoms with E-state index in [9.17, 15) is 0 Å². The summed E-state index contributed by atoms with van der Waals surface area (Å²) in [4.78, 5) is 0. The molecule has 1 fully saturated rings. The molecule has 1 saturated heterocycles. The lowest BCUT2D eigenvalue weighted by Crippen LogP contribution is -2.12. The maximum absolute atomic E-state index is 3.54. The molecule has 1 nitrogen and oxygen atoms in total. The number of hydrogen-bond donors (Lipinski definition) is 1. The molecular weight excluding hydrogens is 218 g/mol. The molecular formula is C14H16ClN. The second-order valence-corrected chi connectivity index (χ2v) is 4.26. The van der Waals surface area contributed by atoms with Gasteiger partial charge in [0.2, 0.25) is 0 Å². The van der Waals surface area contributed by atoms with E-state index in [1.807, 2.05) is 0 Å². The average Bonchev–Trinajstić information content (AvgIpc) is 2.82. The van der Waals surface area contributed by atoms with Crippen molar-refractivity contribution in [1.29, 1.82) is 0 Å². The molecule has 0 bridgehead atoms. The smallest absolute Gasteiger partial charge is 0.0320 e. The quantitative estimate of drug-likeness (QED) is 0.792. The highest BCUT2D eigenvalue weighted by Crippen LogP contribution is 2.25. The highest BCUT2D eigenvalue weighted by molar-refractivity contribution is 5.85. The van der Waals surface area contributed by atoms with Gasteiger partial charge in [-0.25, -0.2) is 0 Å². The normalized spacial score (nSPS) is 19.6. The first-order chi connectivity index (χ1) is 7.43. The second kappa shape index (κ2) is 4.86. The van der Waals surface area contributed by atoms with Gasteiger partial charge in [-0.2, -0.15) is 0 Å². The summed E-state index contributed by atoms with van der Waals surface area (Å²) in [6.07, 6.45) is 2.58. The van der Waals surface area contributed by atoms with E-state index >= 15 is 0 Å². The van der Waals surface area contributed by atoms with Crippen LogP contribution in [0.3, 0.4) is 0 Å². The van der Waals surface area contributed by atoms with Crippen LogP contribution < -0.4 is 5.32 Å². The summed E-state index contributed by atoms with van der Waals surface area (Å²) in [5, 5.41) is 6.22. The summed E-state index contributed by atoms with van der Waals surface area (Å²) < 4.78 is 0. The first-order valence-electron chi connectivity index (χ1n) is 5.65. The van der Waals surface area contributed by atoms with E-state index in [0.29, 0.717) is 6.04 Å². The first-order valence-corrected chi connectivity index (χ1v) is 5.65. The molecule has 0 aromatic heterocycles. The lowest BCUT2D eigenvalue weighted by Gasteiger charge is -2.11. The van der Waals surface area contributed by atoms with Crippen LogP contribution in [0.2, 0.25) is 0 Å². The molecule has 84 valence electrons. The van der Waals surface area contributed by atoms with E-state index in [4.69, 9.17) is 0 Å². The van der Waals surface area contributed by atoms with Gasteiger partial charge in [-0.15, -0.1) is 12.4 Å². The Balaban J connectivity index is 0.000000963. The zero-order chi connectivity index (χ0) is 10.1. The fourth-order valence-electron chi connectivity index (χ4n) is 2.39. The van der Waals surface area contributed by atoms with Gasteiger partial charge in [0.05, 0.1) is 0 Å². The van der Waals surface area contributed by atoms with Gasteiger partial charge >= 0.3 is 0 Å². The van der Waals surface area contributed by atoms with Crippen LogP contribution in [0.1, 0.15) is 24.4 Å². The van der Waals surface area contributed by atoms with Gasteiger partial charge in [0.1, 0.15) is 0 Å². The molecule has 1 heterocycles. The molecule has 2 heteroatoms. The standard InChI is InChI=1S/C14H15N.ClH/c1-2-5-12-10-13(8-7-11(12)4-1)14-6-3-9-15-14;/h1-2,4-5,7-8,10,14-15H,3,6,9H2;1H/t14-;/m1./s1. The third kappa shape index (κ3) is 2.06. The Morgan fingerprint density at radius 2 is 1.81 bits per heavy atom. The monoisotopic (exact) mass is 233 g/mol. The highest BCUT2D eigenvalue weighted by atomic mass is 35.5. The third-order valence-electron chi connectivity index (χ3n) is 3.24. The number of halogens is 1. The molecule has 2 aromatic rings. The van der Waals surface area contributed by atoms with Crippen LogP contribution in [-0.2, 0) is 0 Å². The Labute approximate surface area is 102 Å². The highest BCUT2D eigenvalue weighted by Gasteiger charge is 2.15. The van der Waals surface area contributed by atoms with Crippen LogP contribution in [0.15, 0.2) is 42.5 Å². The second-order valence-electron chi connectivity index (χ2n) is 4.26. The lowest BCUT2D eigenvalue weighted by atomic mass is 10.0. The minimum Gasteiger partial charge on any atom is -0.310 e. The SMILES string of the molecule is Cl.c1ccc2cc([C@H]3CCCN3)ccc2c1. The molecule has 3 rings (SSSR count). The van der Waals surface area contributed by atoms with Gasteiger partial charge in [0.25, 0.3) is 0 Å². The van der Waals surface area contributed by atoms with Crippen LogP contribution in [0.25, 0.3) is 10.8 Å². The average molecular weight is 234 g/mol. The molecule has 1 aliphatic heterocycles. The van der Waals surface area contributed by atoms with Crippen molar-refractivity contribution in [2.45, 2.75) is 18.9 Å². The predicted octanol–water partition coefficient (Wildman–Crippen LogP) is 3.69. The van der Waals surface area contributed by atoms with Crippen molar-refractivity contribution >= 4 is 23.2 Å². The summed E-state index contributed by atoms with van der Waals surface area (Å²) in [5.74, 6) is 0. The van der Waals surface area contributed by atoms with Crippen LogP contribution in [0.5, 0.6) is 0 Å². The van der Waals surface area contributed by atoms with E-state index in [-0.39, 0.29) is 12.4 Å². The van der Waals surface area contributed by atoms with Crippen LogP contribution >= 0.6 is 12.4 Å². The number of nitrogens with one attached hydrogen (secondary N) is 1. The van der Waals surface area contributed by atoms with Crippen molar-refractivity contribution in [1.82, 2.24) is 5.32 Å². The van der Waals surface area contributed by atoms with Crippen LogP contribution in [0, 0.1) is 0 Å². The zero-order valence-electron chi connectivity index (χ0n) is 9.15. The van der Waals surface area contributed by atoms with Crippen molar-refractivity contribution in [3.05, 3.63) is 48.0 Å². The summed E-state index contributed by atoms with van der Waals surface area (Å²) >= 11 is 0. The Morgan fingerprint density at radius 3 is 2.56 bits per heavy atom. The van der Waals surface area contributed by atoms with E-state index < -0.39 is 0 Å². The molecule has 0 spiro atoms. The minimum absolute atomic E-state index is 0. The van der Waals surface area contributed by atoms with Crippen molar-refractivity contribution in [2.75, 3.05) is 6.54 Å². The molecule has 16 heavy (non-hydrogen) atoms. The molecule has 1 aliphatic rings. The van der Waals surface area contributed by atoms with Gasteiger partial charge in [-0.1, -0.05) is 36.4 Å². The summed E-state index contributed by atoms with van der Waals surface area (Å²) in [7, 11) is 0. The third-order valence-corrected chi connectivity index (χ3v) is 3.24. The summed E-state index contributed by atoms with van der Waals surface area (Å²) in [6.45, 7) is 1.16. The Morgan fingerprint density at radius 1 is 1.00 bits per heavy atom. The fourth-order valence-corrected chi connectivity index (χ4v) is 2.39. The minimum atomic E-state index is 0. The van der Waals surface area contributed by atoms with Crippen LogP contribution in [0.4, 0.5) is 0 Å². The van der Waals surface area contributed by atoms with Crippen molar-refractivity contribution in [3.63, 3.8) is 0 Å². The fraction of sp³-hybridized carbons (Fsp3) is 0.286. The number of fused-ring (bicyclic) bond motifs is 1. The van der Waals surface area contributed by atoms with E-state index in [1.54, 1.807) is 0 Å². The molecule has 0 unspecified atom stereocenters. The number of hydrogen-bond acceptors (Lipinski definition) is 1.